The van der Waals surface area contributed by atoms with Gasteiger partial charge in [-0.3, -0.25) is 4.79 Å². The largest absolute Gasteiger partial charge is 0.464 e. The Morgan fingerprint density at radius 3 is 3.00 bits per heavy atom. The fourth-order valence-corrected chi connectivity index (χ4v) is 2.35. The molecule has 20 heavy (non-hydrogen) atoms. The van der Waals surface area contributed by atoms with Gasteiger partial charge in [0.15, 0.2) is 0 Å². The van der Waals surface area contributed by atoms with Gasteiger partial charge in [0.25, 0.3) is 5.91 Å². The first-order valence-corrected chi connectivity index (χ1v) is 6.92. The minimum absolute atomic E-state index is 0.218. The maximum Gasteiger partial charge on any atom is 0.328 e. The van der Waals surface area contributed by atoms with Crippen LogP contribution in [0.5, 0.6) is 0 Å². The highest BCUT2D eigenvalue weighted by atomic mass is 16.5. The number of carbonyl (C=O) groups excluding carboxylic acids is 2. The van der Waals surface area contributed by atoms with E-state index in [0.29, 0.717) is 12.2 Å². The van der Waals surface area contributed by atoms with E-state index >= 15 is 0 Å². The normalized spacial score (nSPS) is 15.1. The SMILES string of the molecule is CCOC(=O)C(C)NC(=O)c1cccc2c1CCNC2. The Labute approximate surface area is 118 Å². The van der Waals surface area contributed by atoms with E-state index in [9.17, 15) is 9.59 Å². The highest BCUT2D eigenvalue weighted by Gasteiger charge is 2.21. The molecule has 1 aromatic rings. The van der Waals surface area contributed by atoms with Crippen LogP contribution in [-0.4, -0.2) is 31.1 Å². The van der Waals surface area contributed by atoms with Crippen LogP contribution in [0.3, 0.4) is 0 Å². The van der Waals surface area contributed by atoms with Crippen LogP contribution in [0.2, 0.25) is 0 Å². The zero-order valence-electron chi connectivity index (χ0n) is 11.9. The zero-order valence-corrected chi connectivity index (χ0v) is 11.9. The summed E-state index contributed by atoms with van der Waals surface area (Å²) in [6.07, 6.45) is 0.826. The zero-order chi connectivity index (χ0) is 14.5. The second-order valence-corrected chi connectivity index (χ2v) is 4.82. The fourth-order valence-electron chi connectivity index (χ4n) is 2.35. The van der Waals surface area contributed by atoms with E-state index < -0.39 is 12.0 Å². The second kappa shape index (κ2) is 6.52. The van der Waals surface area contributed by atoms with Crippen molar-refractivity contribution in [3.63, 3.8) is 0 Å². The molecule has 0 aliphatic carbocycles. The summed E-state index contributed by atoms with van der Waals surface area (Å²) in [6.45, 7) is 5.33. The summed E-state index contributed by atoms with van der Waals surface area (Å²) >= 11 is 0. The number of fused-ring (bicyclic) bond motifs is 1. The minimum Gasteiger partial charge on any atom is -0.464 e. The third-order valence-electron chi connectivity index (χ3n) is 3.37. The van der Waals surface area contributed by atoms with E-state index in [4.69, 9.17) is 4.74 Å². The van der Waals surface area contributed by atoms with E-state index in [2.05, 4.69) is 10.6 Å². The standard InChI is InChI=1S/C15H20N2O3/c1-3-20-15(19)10(2)17-14(18)13-6-4-5-11-9-16-8-7-12(11)13/h4-6,10,16H,3,7-9H2,1-2H3,(H,17,18). The Balaban J connectivity index is 2.12. The van der Waals surface area contributed by atoms with Crippen LogP contribution in [0.25, 0.3) is 0 Å². The number of hydrogen-bond acceptors (Lipinski definition) is 4. The predicted molar refractivity (Wildman–Crippen MR) is 75.4 cm³/mol. The summed E-state index contributed by atoms with van der Waals surface area (Å²) in [4.78, 5) is 23.8. The molecular weight excluding hydrogens is 256 g/mol. The number of benzene rings is 1. The van der Waals surface area contributed by atoms with Crippen molar-refractivity contribution in [2.45, 2.75) is 32.9 Å². The molecular formula is C15H20N2O3. The number of nitrogens with one attached hydrogen (secondary N) is 2. The van der Waals surface area contributed by atoms with Crippen molar-refractivity contribution < 1.29 is 14.3 Å². The van der Waals surface area contributed by atoms with Gasteiger partial charge in [0.1, 0.15) is 6.04 Å². The van der Waals surface area contributed by atoms with Crippen LogP contribution >= 0.6 is 0 Å². The first-order valence-electron chi connectivity index (χ1n) is 6.92. The Hall–Kier alpha value is -1.88. The maximum absolute atomic E-state index is 12.3. The Kier molecular flexibility index (Phi) is 4.74. The maximum atomic E-state index is 12.3. The van der Waals surface area contributed by atoms with Gasteiger partial charge < -0.3 is 15.4 Å². The van der Waals surface area contributed by atoms with Gasteiger partial charge in [-0.15, -0.1) is 0 Å². The molecule has 1 unspecified atom stereocenters. The van der Waals surface area contributed by atoms with Gasteiger partial charge in [-0.05, 0) is 44.0 Å². The summed E-state index contributed by atoms with van der Waals surface area (Å²) in [5.41, 5.74) is 2.87. The van der Waals surface area contributed by atoms with E-state index in [1.807, 2.05) is 12.1 Å². The predicted octanol–water partition coefficient (Wildman–Crippen LogP) is 1.01. The molecule has 0 spiro atoms. The van der Waals surface area contributed by atoms with Crippen molar-refractivity contribution in [2.75, 3.05) is 13.2 Å². The molecule has 1 aliphatic rings. The average Bonchev–Trinajstić information content (AvgIpc) is 2.46. The molecule has 1 atom stereocenters. The summed E-state index contributed by atoms with van der Waals surface area (Å²) in [7, 11) is 0. The monoisotopic (exact) mass is 276 g/mol. The molecule has 1 aliphatic heterocycles. The van der Waals surface area contributed by atoms with E-state index in [0.717, 1.165) is 30.6 Å². The average molecular weight is 276 g/mol. The molecule has 1 amide bonds. The molecule has 0 saturated heterocycles. The van der Waals surface area contributed by atoms with E-state index in [-0.39, 0.29) is 5.91 Å². The number of carbonyl (C=O) groups is 2. The van der Waals surface area contributed by atoms with Crippen LogP contribution in [0.4, 0.5) is 0 Å². The van der Waals surface area contributed by atoms with Crippen LogP contribution in [0, 0.1) is 0 Å². The quantitative estimate of drug-likeness (QED) is 0.806. The smallest absolute Gasteiger partial charge is 0.328 e. The fraction of sp³-hybridized carbons (Fsp3) is 0.467. The van der Waals surface area contributed by atoms with Gasteiger partial charge in [0.05, 0.1) is 6.61 Å². The van der Waals surface area contributed by atoms with Crippen molar-refractivity contribution in [1.82, 2.24) is 10.6 Å². The first kappa shape index (κ1) is 14.5. The highest BCUT2D eigenvalue weighted by molar-refractivity contribution is 5.98. The van der Waals surface area contributed by atoms with Gasteiger partial charge in [-0.25, -0.2) is 4.79 Å². The summed E-state index contributed by atoms with van der Waals surface area (Å²) in [5.74, 6) is -0.628. The van der Waals surface area contributed by atoms with Gasteiger partial charge in [0.2, 0.25) is 0 Å². The Morgan fingerprint density at radius 1 is 1.45 bits per heavy atom. The Bertz CT molecular complexity index is 514. The highest BCUT2D eigenvalue weighted by Crippen LogP contribution is 2.18. The molecule has 1 heterocycles. The molecule has 0 saturated carbocycles. The van der Waals surface area contributed by atoms with Gasteiger partial charge >= 0.3 is 5.97 Å². The molecule has 5 heteroatoms. The molecule has 0 radical (unpaired) electrons. The lowest BCUT2D eigenvalue weighted by atomic mass is 9.95. The van der Waals surface area contributed by atoms with Crippen molar-refractivity contribution in [2.24, 2.45) is 0 Å². The van der Waals surface area contributed by atoms with Crippen LogP contribution in [0.1, 0.15) is 35.3 Å². The topological polar surface area (TPSA) is 67.4 Å². The van der Waals surface area contributed by atoms with Crippen LogP contribution in [0.15, 0.2) is 18.2 Å². The third kappa shape index (κ3) is 3.17. The van der Waals surface area contributed by atoms with Crippen LogP contribution < -0.4 is 10.6 Å². The summed E-state index contributed by atoms with van der Waals surface area (Å²) in [6, 6.07) is 5.06. The molecule has 2 rings (SSSR count). The molecule has 5 nitrogen and oxygen atoms in total. The number of rotatable bonds is 4. The molecule has 0 fully saturated rings. The van der Waals surface area contributed by atoms with Crippen molar-refractivity contribution >= 4 is 11.9 Å². The third-order valence-corrected chi connectivity index (χ3v) is 3.37. The van der Waals surface area contributed by atoms with E-state index in [1.54, 1.807) is 19.9 Å². The molecule has 0 aromatic heterocycles. The first-order chi connectivity index (χ1) is 9.63. The van der Waals surface area contributed by atoms with Crippen molar-refractivity contribution in [3.8, 4) is 0 Å². The number of hydrogen-bond donors (Lipinski definition) is 2. The second-order valence-electron chi connectivity index (χ2n) is 4.82. The van der Waals surface area contributed by atoms with E-state index in [1.165, 1.54) is 0 Å². The molecule has 108 valence electrons. The summed E-state index contributed by atoms with van der Waals surface area (Å²) < 4.78 is 4.89. The summed E-state index contributed by atoms with van der Waals surface area (Å²) in [5, 5.41) is 5.97. The molecule has 2 N–H and O–H groups in total. The Morgan fingerprint density at radius 2 is 2.25 bits per heavy atom. The molecule has 1 aromatic carbocycles. The minimum atomic E-state index is -0.639. The number of amides is 1. The van der Waals surface area contributed by atoms with Gasteiger partial charge in [0, 0.05) is 12.1 Å². The van der Waals surface area contributed by atoms with Crippen LogP contribution in [-0.2, 0) is 22.5 Å². The van der Waals surface area contributed by atoms with Crippen molar-refractivity contribution in [3.05, 3.63) is 34.9 Å². The lowest BCUT2D eigenvalue weighted by molar-refractivity contribution is -0.144. The van der Waals surface area contributed by atoms with Gasteiger partial charge in [-0.2, -0.15) is 0 Å². The number of ether oxygens (including phenoxy) is 1. The molecule has 0 bridgehead atoms. The number of esters is 1. The lowest BCUT2D eigenvalue weighted by Crippen LogP contribution is -2.40. The van der Waals surface area contributed by atoms with Crippen molar-refractivity contribution in [1.29, 1.82) is 0 Å². The lowest BCUT2D eigenvalue weighted by Gasteiger charge is -2.20. The van der Waals surface area contributed by atoms with Gasteiger partial charge in [-0.1, -0.05) is 12.1 Å².